The van der Waals surface area contributed by atoms with Crippen LogP contribution in [0.5, 0.6) is 0 Å². The zero-order valence-electron chi connectivity index (χ0n) is 15.9. The first-order chi connectivity index (χ1) is 12.7. The second-order valence-corrected chi connectivity index (χ2v) is 7.88. The third-order valence-electron chi connectivity index (χ3n) is 5.29. The van der Waals surface area contributed by atoms with Gasteiger partial charge in [-0.25, -0.2) is 0 Å². The quantitative estimate of drug-likeness (QED) is 0.631. The van der Waals surface area contributed by atoms with Crippen LogP contribution < -0.4 is 0 Å². The Bertz CT molecular complexity index is 524. The summed E-state index contributed by atoms with van der Waals surface area (Å²) in [6.45, 7) is 13.9. The minimum absolute atomic E-state index is 0.294. The topological polar surface area (TPSA) is 39.3 Å². The molecule has 0 spiro atoms. The molecule has 0 saturated carbocycles. The Morgan fingerprint density at radius 3 is 2.38 bits per heavy atom. The van der Waals surface area contributed by atoms with Crippen molar-refractivity contribution >= 4 is 17.2 Å². The van der Waals surface area contributed by atoms with E-state index in [0.717, 1.165) is 78.7 Å². The fourth-order valence-corrected chi connectivity index (χ4v) is 4.26. The Morgan fingerprint density at radius 2 is 1.73 bits per heavy atom. The smallest absolute Gasteiger partial charge is 0.236 e. The molecule has 0 atom stereocenters. The van der Waals surface area contributed by atoms with Gasteiger partial charge < -0.3 is 9.64 Å². The summed E-state index contributed by atoms with van der Waals surface area (Å²) in [6.07, 6.45) is 0. The fourth-order valence-electron chi connectivity index (χ4n) is 3.60. The number of carbonyl (C=O) groups excluding carboxylic acids is 1. The van der Waals surface area contributed by atoms with Gasteiger partial charge in [0, 0.05) is 72.1 Å². The summed E-state index contributed by atoms with van der Waals surface area (Å²) in [4.78, 5) is 21.8. The molecule has 2 fully saturated rings. The molecule has 0 bridgehead atoms. The zero-order valence-corrected chi connectivity index (χ0v) is 16.8. The van der Waals surface area contributed by atoms with Gasteiger partial charge in [-0.1, -0.05) is 0 Å². The number of hydrogen-bond donors (Lipinski definition) is 0. The minimum Gasteiger partial charge on any atom is -0.380 e. The Morgan fingerprint density at radius 1 is 1.04 bits per heavy atom. The predicted molar refractivity (Wildman–Crippen MR) is 106 cm³/mol. The van der Waals surface area contributed by atoms with E-state index in [-0.39, 0.29) is 0 Å². The molecule has 26 heavy (non-hydrogen) atoms. The molecular weight excluding hydrogens is 348 g/mol. The van der Waals surface area contributed by atoms with Gasteiger partial charge in [0.25, 0.3) is 0 Å². The van der Waals surface area contributed by atoms with Crippen molar-refractivity contribution in [3.8, 4) is 0 Å². The van der Waals surface area contributed by atoms with Crippen LogP contribution in [0, 0.1) is 0 Å². The number of hydrogen-bond acceptors (Lipinski definition) is 6. The number of piperazine rings is 2. The van der Waals surface area contributed by atoms with Crippen molar-refractivity contribution in [3.63, 3.8) is 0 Å². The summed E-state index contributed by atoms with van der Waals surface area (Å²) in [7, 11) is 0. The van der Waals surface area contributed by atoms with Gasteiger partial charge >= 0.3 is 0 Å². The Labute approximate surface area is 161 Å². The molecule has 0 radical (unpaired) electrons. The first kappa shape index (κ1) is 19.8. The maximum absolute atomic E-state index is 12.6. The zero-order chi connectivity index (χ0) is 18.2. The van der Waals surface area contributed by atoms with Crippen LogP contribution in [-0.2, 0) is 16.1 Å². The third-order valence-corrected chi connectivity index (χ3v) is 6.02. The molecule has 2 aliphatic heterocycles. The summed E-state index contributed by atoms with van der Waals surface area (Å²) >= 11 is 1.75. The van der Waals surface area contributed by atoms with Crippen molar-refractivity contribution in [2.75, 3.05) is 78.7 Å². The number of rotatable bonds is 8. The van der Waals surface area contributed by atoms with E-state index in [2.05, 4.69) is 31.5 Å². The van der Waals surface area contributed by atoms with Gasteiger partial charge in [-0.2, -0.15) is 11.3 Å². The largest absolute Gasteiger partial charge is 0.380 e. The summed E-state index contributed by atoms with van der Waals surface area (Å²) in [5.74, 6) is 0.294. The van der Waals surface area contributed by atoms with Crippen molar-refractivity contribution in [2.45, 2.75) is 13.5 Å². The van der Waals surface area contributed by atoms with Gasteiger partial charge in [0.1, 0.15) is 0 Å². The molecule has 0 aliphatic carbocycles. The SMILES string of the molecule is CCOCCN1CCN(CC(=O)N2CCN(Cc3ccsc3)CC2)CC1. The van der Waals surface area contributed by atoms with Crippen LogP contribution >= 0.6 is 11.3 Å². The second kappa shape index (κ2) is 10.4. The number of carbonyl (C=O) groups is 1. The Kier molecular flexibility index (Phi) is 7.88. The molecule has 1 aromatic rings. The predicted octanol–water partition coefficient (Wildman–Crippen LogP) is 1.05. The second-order valence-electron chi connectivity index (χ2n) is 7.10. The Hall–Kier alpha value is -0.990. The van der Waals surface area contributed by atoms with Gasteiger partial charge in [-0.15, -0.1) is 0 Å². The molecule has 2 aliphatic rings. The first-order valence-corrected chi connectivity index (χ1v) is 10.7. The highest BCUT2D eigenvalue weighted by Crippen LogP contribution is 2.12. The fraction of sp³-hybridized carbons (Fsp3) is 0.737. The van der Waals surface area contributed by atoms with Gasteiger partial charge in [-0.05, 0) is 29.3 Å². The molecule has 2 saturated heterocycles. The van der Waals surface area contributed by atoms with Gasteiger partial charge in [-0.3, -0.25) is 19.5 Å². The number of amides is 1. The van der Waals surface area contributed by atoms with Crippen molar-refractivity contribution < 1.29 is 9.53 Å². The van der Waals surface area contributed by atoms with Crippen molar-refractivity contribution in [1.29, 1.82) is 0 Å². The molecule has 7 heteroatoms. The lowest BCUT2D eigenvalue weighted by Gasteiger charge is -2.38. The van der Waals surface area contributed by atoms with Crippen molar-refractivity contribution in [3.05, 3.63) is 22.4 Å². The summed E-state index contributed by atoms with van der Waals surface area (Å²) < 4.78 is 5.43. The molecule has 3 rings (SSSR count). The summed E-state index contributed by atoms with van der Waals surface area (Å²) in [5.41, 5.74) is 1.39. The first-order valence-electron chi connectivity index (χ1n) is 9.78. The van der Waals surface area contributed by atoms with Crippen molar-refractivity contribution in [1.82, 2.24) is 19.6 Å². The summed E-state index contributed by atoms with van der Waals surface area (Å²) in [6, 6.07) is 2.19. The van der Waals surface area contributed by atoms with Gasteiger partial charge in [0.15, 0.2) is 0 Å². The molecule has 146 valence electrons. The van der Waals surface area contributed by atoms with Gasteiger partial charge in [0.05, 0.1) is 13.2 Å². The molecule has 1 aromatic heterocycles. The van der Waals surface area contributed by atoms with E-state index in [0.29, 0.717) is 12.5 Å². The summed E-state index contributed by atoms with van der Waals surface area (Å²) in [5, 5.41) is 4.34. The maximum atomic E-state index is 12.6. The van der Waals surface area contributed by atoms with E-state index in [1.54, 1.807) is 11.3 Å². The van der Waals surface area contributed by atoms with Crippen LogP contribution in [0.25, 0.3) is 0 Å². The average molecular weight is 381 g/mol. The van der Waals surface area contributed by atoms with Crippen LogP contribution in [0.15, 0.2) is 16.8 Å². The van der Waals surface area contributed by atoms with E-state index in [4.69, 9.17) is 4.74 Å². The van der Waals surface area contributed by atoms with E-state index in [1.165, 1.54) is 5.56 Å². The van der Waals surface area contributed by atoms with Crippen LogP contribution in [0.3, 0.4) is 0 Å². The molecule has 3 heterocycles. The van der Waals surface area contributed by atoms with Crippen LogP contribution in [0.4, 0.5) is 0 Å². The number of nitrogens with zero attached hydrogens (tertiary/aromatic N) is 4. The van der Waals surface area contributed by atoms with E-state index < -0.39 is 0 Å². The standard InChI is InChI=1S/C19H32N4O2S/c1-2-25-13-12-20-4-6-22(7-5-20)16-19(24)23-10-8-21(9-11-23)15-18-3-14-26-17-18/h3,14,17H,2,4-13,15-16H2,1H3. The minimum atomic E-state index is 0.294. The highest BCUT2D eigenvalue weighted by Gasteiger charge is 2.24. The number of thiophene rings is 1. The monoisotopic (exact) mass is 380 g/mol. The molecule has 0 N–H and O–H groups in total. The maximum Gasteiger partial charge on any atom is 0.236 e. The van der Waals surface area contributed by atoms with E-state index in [9.17, 15) is 4.79 Å². The van der Waals surface area contributed by atoms with Crippen LogP contribution in [0.1, 0.15) is 12.5 Å². The van der Waals surface area contributed by atoms with Gasteiger partial charge in [0.2, 0.25) is 5.91 Å². The van der Waals surface area contributed by atoms with Crippen LogP contribution in [0.2, 0.25) is 0 Å². The van der Waals surface area contributed by atoms with Crippen LogP contribution in [-0.4, -0.2) is 104 Å². The number of ether oxygens (including phenoxy) is 1. The lowest BCUT2D eigenvalue weighted by atomic mass is 10.2. The van der Waals surface area contributed by atoms with E-state index >= 15 is 0 Å². The average Bonchev–Trinajstić information content (AvgIpc) is 3.17. The highest BCUT2D eigenvalue weighted by atomic mass is 32.1. The Balaban J connectivity index is 1.32. The molecule has 0 aromatic carbocycles. The lowest BCUT2D eigenvalue weighted by Crippen LogP contribution is -2.53. The lowest BCUT2D eigenvalue weighted by molar-refractivity contribution is -0.134. The molecule has 0 unspecified atom stereocenters. The molecule has 1 amide bonds. The normalized spacial score (nSPS) is 20.6. The molecule has 6 nitrogen and oxygen atoms in total. The van der Waals surface area contributed by atoms with E-state index in [1.807, 2.05) is 11.8 Å². The third kappa shape index (κ3) is 6.03. The van der Waals surface area contributed by atoms with Crippen molar-refractivity contribution in [2.24, 2.45) is 0 Å². The molecular formula is C19H32N4O2S. The highest BCUT2D eigenvalue weighted by molar-refractivity contribution is 7.07.